The Morgan fingerprint density at radius 1 is 1.47 bits per heavy atom. The van der Waals surface area contributed by atoms with E-state index in [9.17, 15) is 5.11 Å². The lowest BCUT2D eigenvalue weighted by Crippen LogP contribution is -2.00. The molecule has 6 heteroatoms. The average Bonchev–Trinajstić information content (AvgIpc) is 2.72. The van der Waals surface area contributed by atoms with E-state index in [0.29, 0.717) is 5.75 Å². The fraction of sp³-hybridized carbons (Fsp3) is 0.273. The van der Waals surface area contributed by atoms with Gasteiger partial charge in [0.1, 0.15) is 5.01 Å². The van der Waals surface area contributed by atoms with Gasteiger partial charge in [0.2, 0.25) is 0 Å². The van der Waals surface area contributed by atoms with Crippen molar-refractivity contribution in [3.63, 3.8) is 0 Å². The van der Waals surface area contributed by atoms with Crippen LogP contribution in [0.5, 0.6) is 0 Å². The molecule has 90 valence electrons. The van der Waals surface area contributed by atoms with Crippen molar-refractivity contribution >= 4 is 39.0 Å². The number of nitrogens with zero attached hydrogens (tertiary/aromatic N) is 2. The van der Waals surface area contributed by atoms with Gasteiger partial charge in [-0.2, -0.15) is 0 Å². The minimum atomic E-state index is -0.485. The molecule has 1 atom stereocenters. The molecule has 17 heavy (non-hydrogen) atoms. The number of aliphatic hydroxyl groups excluding tert-OH is 1. The summed E-state index contributed by atoms with van der Waals surface area (Å²) in [7, 11) is 0. The molecular formula is C11H11BrN2OS2. The molecule has 0 aliphatic carbocycles. The predicted molar refractivity (Wildman–Crippen MR) is 74.5 cm³/mol. The molecule has 0 aliphatic rings. The predicted octanol–water partition coefficient (Wildman–Crippen LogP) is 3.43. The summed E-state index contributed by atoms with van der Waals surface area (Å²) < 4.78 is 1.88. The van der Waals surface area contributed by atoms with Crippen LogP contribution in [0.1, 0.15) is 16.7 Å². The molecular weight excluding hydrogens is 320 g/mol. The molecule has 1 heterocycles. The molecule has 2 aromatic rings. The van der Waals surface area contributed by atoms with E-state index in [2.05, 4.69) is 26.1 Å². The largest absolute Gasteiger partial charge is 0.388 e. The highest BCUT2D eigenvalue weighted by molar-refractivity contribution is 9.10. The monoisotopic (exact) mass is 330 g/mol. The Bertz CT molecular complexity index is 504. The van der Waals surface area contributed by atoms with Crippen LogP contribution in [0, 0.1) is 6.92 Å². The summed E-state index contributed by atoms with van der Waals surface area (Å²) in [5.74, 6) is 0.588. The van der Waals surface area contributed by atoms with Crippen LogP contribution in [0.2, 0.25) is 0 Å². The maximum Gasteiger partial charge on any atom is 0.174 e. The second-order valence-electron chi connectivity index (χ2n) is 3.47. The molecule has 0 radical (unpaired) electrons. The number of halogens is 1. The first kappa shape index (κ1) is 13.0. The third kappa shape index (κ3) is 3.77. The lowest BCUT2D eigenvalue weighted by Gasteiger charge is -2.09. The second-order valence-corrected chi connectivity index (χ2v) is 6.83. The number of aromatic nitrogens is 2. The van der Waals surface area contributed by atoms with E-state index in [1.807, 2.05) is 31.2 Å². The van der Waals surface area contributed by atoms with Crippen molar-refractivity contribution in [1.29, 1.82) is 0 Å². The average molecular weight is 331 g/mol. The smallest absolute Gasteiger partial charge is 0.174 e. The van der Waals surface area contributed by atoms with Crippen LogP contribution in [0.4, 0.5) is 0 Å². The van der Waals surface area contributed by atoms with Gasteiger partial charge in [-0.15, -0.1) is 10.2 Å². The lowest BCUT2D eigenvalue weighted by molar-refractivity contribution is 0.204. The summed E-state index contributed by atoms with van der Waals surface area (Å²) in [4.78, 5) is 0. The van der Waals surface area contributed by atoms with Gasteiger partial charge in [-0.05, 0) is 24.6 Å². The van der Waals surface area contributed by atoms with Crippen molar-refractivity contribution in [2.45, 2.75) is 17.4 Å². The number of aliphatic hydroxyl groups is 1. The highest BCUT2D eigenvalue weighted by Crippen LogP contribution is 2.27. The Morgan fingerprint density at radius 3 is 2.94 bits per heavy atom. The Kier molecular flexibility index (Phi) is 4.55. The molecule has 1 aromatic heterocycles. The van der Waals surface area contributed by atoms with Gasteiger partial charge in [0, 0.05) is 10.2 Å². The Hall–Kier alpha value is -0.430. The quantitative estimate of drug-likeness (QED) is 0.872. The van der Waals surface area contributed by atoms with Gasteiger partial charge >= 0.3 is 0 Å². The minimum Gasteiger partial charge on any atom is -0.388 e. The van der Waals surface area contributed by atoms with Crippen molar-refractivity contribution in [2.75, 3.05) is 5.75 Å². The van der Waals surface area contributed by atoms with Crippen LogP contribution in [-0.4, -0.2) is 21.1 Å². The highest BCUT2D eigenvalue weighted by Gasteiger charge is 2.10. The Labute approximate surface area is 116 Å². The van der Waals surface area contributed by atoms with E-state index in [0.717, 1.165) is 19.4 Å². The van der Waals surface area contributed by atoms with E-state index in [4.69, 9.17) is 0 Å². The summed E-state index contributed by atoms with van der Waals surface area (Å²) in [6.45, 7) is 1.92. The number of thioether (sulfide) groups is 1. The standard InChI is InChI=1S/C11H11BrN2OS2/c1-7-13-14-11(17-7)16-6-10(15)8-3-2-4-9(12)5-8/h2-5,10,15H,6H2,1H3. The molecule has 0 saturated heterocycles. The maximum atomic E-state index is 10.0. The molecule has 0 spiro atoms. The molecule has 3 nitrogen and oxygen atoms in total. The second kappa shape index (κ2) is 5.95. The van der Waals surface area contributed by atoms with E-state index < -0.39 is 6.10 Å². The van der Waals surface area contributed by atoms with Crippen LogP contribution < -0.4 is 0 Å². The summed E-state index contributed by atoms with van der Waals surface area (Å²) in [6.07, 6.45) is -0.485. The van der Waals surface area contributed by atoms with Crippen molar-refractivity contribution in [3.8, 4) is 0 Å². The minimum absolute atomic E-state index is 0.485. The number of hydrogen-bond donors (Lipinski definition) is 1. The van der Waals surface area contributed by atoms with Gasteiger partial charge in [0.05, 0.1) is 6.10 Å². The molecule has 0 fully saturated rings. The zero-order chi connectivity index (χ0) is 12.3. The zero-order valence-electron chi connectivity index (χ0n) is 9.13. The Balaban J connectivity index is 1.95. The zero-order valence-corrected chi connectivity index (χ0v) is 12.3. The van der Waals surface area contributed by atoms with Crippen LogP contribution in [0.25, 0.3) is 0 Å². The third-order valence-electron chi connectivity index (χ3n) is 2.11. The Morgan fingerprint density at radius 2 is 2.29 bits per heavy atom. The third-order valence-corrected chi connectivity index (χ3v) is 4.65. The van der Waals surface area contributed by atoms with Crippen LogP contribution in [-0.2, 0) is 0 Å². The molecule has 1 N–H and O–H groups in total. The first-order valence-electron chi connectivity index (χ1n) is 5.01. The van der Waals surface area contributed by atoms with Crippen LogP contribution in [0.3, 0.4) is 0 Å². The van der Waals surface area contributed by atoms with Gasteiger partial charge in [0.15, 0.2) is 4.34 Å². The van der Waals surface area contributed by atoms with Gasteiger partial charge in [-0.1, -0.05) is 51.2 Å². The molecule has 0 aliphatic heterocycles. The molecule has 0 amide bonds. The van der Waals surface area contributed by atoms with E-state index >= 15 is 0 Å². The molecule has 0 saturated carbocycles. The summed E-state index contributed by atoms with van der Waals surface area (Å²) >= 11 is 6.47. The maximum absolute atomic E-state index is 10.0. The topological polar surface area (TPSA) is 46.0 Å². The van der Waals surface area contributed by atoms with Crippen LogP contribution >= 0.6 is 39.0 Å². The first-order chi connectivity index (χ1) is 8.15. The van der Waals surface area contributed by atoms with Crippen molar-refractivity contribution < 1.29 is 5.11 Å². The van der Waals surface area contributed by atoms with Crippen LogP contribution in [0.15, 0.2) is 33.1 Å². The number of aryl methyl sites for hydroxylation is 1. The summed E-state index contributed by atoms with van der Waals surface area (Å²) in [5, 5.41) is 18.9. The summed E-state index contributed by atoms with van der Waals surface area (Å²) in [5.41, 5.74) is 0.910. The van der Waals surface area contributed by atoms with Crippen molar-refractivity contribution in [1.82, 2.24) is 10.2 Å². The SMILES string of the molecule is Cc1nnc(SCC(O)c2cccc(Br)c2)s1. The van der Waals surface area contributed by atoms with Gasteiger partial charge in [0.25, 0.3) is 0 Å². The van der Waals surface area contributed by atoms with Gasteiger partial charge in [-0.25, -0.2) is 0 Å². The fourth-order valence-electron chi connectivity index (χ4n) is 1.30. The fourth-order valence-corrected chi connectivity index (χ4v) is 3.52. The molecule has 1 aromatic carbocycles. The normalized spacial score (nSPS) is 12.6. The lowest BCUT2D eigenvalue weighted by atomic mass is 10.1. The van der Waals surface area contributed by atoms with Gasteiger partial charge < -0.3 is 5.11 Å². The van der Waals surface area contributed by atoms with Crippen molar-refractivity contribution in [3.05, 3.63) is 39.3 Å². The molecule has 1 unspecified atom stereocenters. The van der Waals surface area contributed by atoms with Crippen molar-refractivity contribution in [2.24, 2.45) is 0 Å². The molecule has 2 rings (SSSR count). The summed E-state index contributed by atoms with van der Waals surface area (Å²) in [6, 6.07) is 7.71. The number of hydrogen-bond acceptors (Lipinski definition) is 5. The highest BCUT2D eigenvalue weighted by atomic mass is 79.9. The van der Waals surface area contributed by atoms with E-state index in [-0.39, 0.29) is 0 Å². The number of rotatable bonds is 4. The molecule has 0 bridgehead atoms. The first-order valence-corrected chi connectivity index (χ1v) is 7.61. The number of benzene rings is 1. The van der Waals surface area contributed by atoms with Gasteiger partial charge in [-0.3, -0.25) is 0 Å². The van der Waals surface area contributed by atoms with E-state index in [1.165, 1.54) is 11.8 Å². The van der Waals surface area contributed by atoms with E-state index in [1.54, 1.807) is 11.3 Å².